The number of benzene rings is 1. The van der Waals surface area contributed by atoms with Crippen LogP contribution in [0, 0.1) is 0 Å². The van der Waals surface area contributed by atoms with Gasteiger partial charge in [-0.25, -0.2) is 0 Å². The first-order chi connectivity index (χ1) is 13.0. The lowest BCUT2D eigenvalue weighted by Gasteiger charge is -2.13. The standard InChI is InChI=1S/C20H25NO6/c1-2-3-12-27-18(23)13-15(22)14-26-11-7-6-10-21-19(24)16-8-4-5-9-17(16)20(21)25/h4-5,8-9H,2-3,6-7,10-14H2,1H3. The minimum absolute atomic E-state index is 0.143. The molecular formula is C20H25NO6. The Morgan fingerprint density at radius 1 is 0.963 bits per heavy atom. The molecule has 146 valence electrons. The monoisotopic (exact) mass is 375 g/mol. The highest BCUT2D eigenvalue weighted by atomic mass is 16.5. The number of amides is 2. The van der Waals surface area contributed by atoms with Gasteiger partial charge in [0.1, 0.15) is 13.0 Å². The Kier molecular flexibility index (Phi) is 8.13. The molecule has 0 unspecified atom stereocenters. The summed E-state index contributed by atoms with van der Waals surface area (Å²) in [6, 6.07) is 6.77. The lowest BCUT2D eigenvalue weighted by Crippen LogP contribution is -2.30. The largest absolute Gasteiger partial charge is 0.465 e. The van der Waals surface area contributed by atoms with Crippen molar-refractivity contribution in [1.29, 1.82) is 0 Å². The molecule has 0 radical (unpaired) electrons. The third-order valence-electron chi connectivity index (χ3n) is 4.16. The van der Waals surface area contributed by atoms with E-state index in [4.69, 9.17) is 9.47 Å². The minimum atomic E-state index is -0.525. The van der Waals surface area contributed by atoms with E-state index in [0.717, 1.165) is 12.8 Å². The van der Waals surface area contributed by atoms with E-state index in [0.29, 0.717) is 43.7 Å². The number of esters is 1. The van der Waals surface area contributed by atoms with Gasteiger partial charge in [-0.2, -0.15) is 0 Å². The molecule has 1 aliphatic heterocycles. The van der Waals surface area contributed by atoms with Gasteiger partial charge in [0.05, 0.1) is 17.7 Å². The number of unbranched alkanes of at least 4 members (excludes halogenated alkanes) is 2. The van der Waals surface area contributed by atoms with E-state index < -0.39 is 5.97 Å². The molecule has 7 nitrogen and oxygen atoms in total. The van der Waals surface area contributed by atoms with Crippen molar-refractivity contribution < 1.29 is 28.7 Å². The summed E-state index contributed by atoms with van der Waals surface area (Å²) >= 11 is 0. The van der Waals surface area contributed by atoms with Gasteiger partial charge in [-0.15, -0.1) is 0 Å². The molecule has 1 aromatic rings. The molecule has 0 aromatic heterocycles. The van der Waals surface area contributed by atoms with Crippen LogP contribution < -0.4 is 0 Å². The van der Waals surface area contributed by atoms with Crippen molar-refractivity contribution >= 4 is 23.6 Å². The van der Waals surface area contributed by atoms with Crippen molar-refractivity contribution in [2.75, 3.05) is 26.4 Å². The summed E-state index contributed by atoms with van der Waals surface area (Å²) in [5.41, 5.74) is 0.880. The number of carbonyl (C=O) groups is 4. The number of Topliss-reactive ketones (excluding diaryl/α,β-unsaturated/α-hetero) is 1. The zero-order valence-electron chi connectivity index (χ0n) is 15.6. The van der Waals surface area contributed by atoms with Crippen LogP contribution in [-0.2, 0) is 19.1 Å². The van der Waals surface area contributed by atoms with Crippen LogP contribution in [0.4, 0.5) is 0 Å². The van der Waals surface area contributed by atoms with Crippen molar-refractivity contribution in [2.45, 2.75) is 39.0 Å². The SMILES string of the molecule is CCCCOC(=O)CC(=O)COCCCCN1C(=O)c2ccccc2C1=O. The number of nitrogens with zero attached hydrogens (tertiary/aromatic N) is 1. The summed E-state index contributed by atoms with van der Waals surface area (Å²) in [4.78, 5) is 48.6. The maximum absolute atomic E-state index is 12.2. The molecule has 0 aliphatic carbocycles. The third kappa shape index (κ3) is 5.99. The van der Waals surface area contributed by atoms with E-state index in [2.05, 4.69) is 0 Å². The van der Waals surface area contributed by atoms with Gasteiger partial charge in [0.15, 0.2) is 5.78 Å². The molecule has 0 N–H and O–H groups in total. The number of imide groups is 1. The number of fused-ring (bicyclic) bond motifs is 1. The molecule has 2 amide bonds. The van der Waals surface area contributed by atoms with Crippen LogP contribution in [0.1, 0.15) is 59.7 Å². The topological polar surface area (TPSA) is 90.0 Å². The highest BCUT2D eigenvalue weighted by Gasteiger charge is 2.34. The maximum atomic E-state index is 12.2. The molecular weight excluding hydrogens is 350 g/mol. The van der Waals surface area contributed by atoms with Crippen LogP contribution in [0.3, 0.4) is 0 Å². The van der Waals surface area contributed by atoms with Gasteiger partial charge in [-0.1, -0.05) is 25.5 Å². The molecule has 0 saturated heterocycles. The zero-order valence-corrected chi connectivity index (χ0v) is 15.6. The molecule has 0 spiro atoms. The molecule has 1 aromatic carbocycles. The predicted molar refractivity (Wildman–Crippen MR) is 97.4 cm³/mol. The van der Waals surface area contributed by atoms with Gasteiger partial charge in [0, 0.05) is 13.2 Å². The number of ether oxygens (including phenoxy) is 2. The van der Waals surface area contributed by atoms with E-state index >= 15 is 0 Å². The maximum Gasteiger partial charge on any atom is 0.313 e. The first-order valence-corrected chi connectivity index (χ1v) is 9.25. The summed E-state index contributed by atoms with van der Waals surface area (Å²) < 4.78 is 10.2. The normalized spacial score (nSPS) is 13.0. The highest BCUT2D eigenvalue weighted by molar-refractivity contribution is 6.21. The lowest BCUT2D eigenvalue weighted by atomic mass is 10.1. The summed E-state index contributed by atoms with van der Waals surface area (Å²) in [7, 11) is 0. The Balaban J connectivity index is 1.58. The number of hydrogen-bond acceptors (Lipinski definition) is 6. The van der Waals surface area contributed by atoms with Gasteiger partial charge in [0.25, 0.3) is 11.8 Å². The van der Waals surface area contributed by atoms with E-state index in [-0.39, 0.29) is 30.6 Å². The highest BCUT2D eigenvalue weighted by Crippen LogP contribution is 2.22. The van der Waals surface area contributed by atoms with Crippen LogP contribution in [0.2, 0.25) is 0 Å². The van der Waals surface area contributed by atoms with Crippen LogP contribution >= 0.6 is 0 Å². The third-order valence-corrected chi connectivity index (χ3v) is 4.16. The second-order valence-electron chi connectivity index (χ2n) is 6.36. The zero-order chi connectivity index (χ0) is 19.6. The first-order valence-electron chi connectivity index (χ1n) is 9.25. The molecule has 0 fully saturated rings. The second-order valence-corrected chi connectivity index (χ2v) is 6.36. The quantitative estimate of drug-likeness (QED) is 0.241. The van der Waals surface area contributed by atoms with E-state index in [1.165, 1.54) is 4.90 Å². The van der Waals surface area contributed by atoms with Crippen molar-refractivity contribution in [3.63, 3.8) is 0 Å². The molecule has 0 saturated carbocycles. The van der Waals surface area contributed by atoms with Gasteiger partial charge >= 0.3 is 5.97 Å². The fraction of sp³-hybridized carbons (Fsp3) is 0.500. The summed E-state index contributed by atoms with van der Waals surface area (Å²) in [6.45, 7) is 2.81. The van der Waals surface area contributed by atoms with E-state index in [1.807, 2.05) is 6.92 Å². The Hall–Kier alpha value is -2.54. The summed E-state index contributed by atoms with van der Waals surface area (Å²) in [6.07, 6.45) is 2.60. The minimum Gasteiger partial charge on any atom is -0.465 e. The van der Waals surface area contributed by atoms with Gasteiger partial charge in [-0.05, 0) is 31.4 Å². The van der Waals surface area contributed by atoms with Crippen LogP contribution in [-0.4, -0.2) is 54.8 Å². The van der Waals surface area contributed by atoms with Crippen LogP contribution in [0.25, 0.3) is 0 Å². The smallest absolute Gasteiger partial charge is 0.313 e. The number of hydrogen-bond donors (Lipinski definition) is 0. The average molecular weight is 375 g/mol. The molecule has 0 bridgehead atoms. The molecule has 1 aliphatic rings. The summed E-state index contributed by atoms with van der Waals surface area (Å²) in [5, 5.41) is 0. The van der Waals surface area contributed by atoms with Crippen molar-refractivity contribution in [1.82, 2.24) is 4.90 Å². The first kappa shape index (κ1) is 20.8. The van der Waals surface area contributed by atoms with E-state index in [9.17, 15) is 19.2 Å². The molecule has 27 heavy (non-hydrogen) atoms. The Morgan fingerprint density at radius 2 is 1.63 bits per heavy atom. The Morgan fingerprint density at radius 3 is 2.26 bits per heavy atom. The Labute approximate surface area is 158 Å². The molecule has 2 rings (SSSR count). The lowest BCUT2D eigenvalue weighted by molar-refractivity contribution is -0.147. The fourth-order valence-electron chi connectivity index (χ4n) is 2.70. The van der Waals surface area contributed by atoms with Crippen molar-refractivity contribution in [3.8, 4) is 0 Å². The number of rotatable bonds is 12. The number of carbonyl (C=O) groups excluding carboxylic acids is 4. The molecule has 7 heteroatoms. The molecule has 0 atom stereocenters. The van der Waals surface area contributed by atoms with Gasteiger partial charge in [-0.3, -0.25) is 24.1 Å². The van der Waals surface area contributed by atoms with Crippen LogP contribution in [0.15, 0.2) is 24.3 Å². The van der Waals surface area contributed by atoms with Crippen molar-refractivity contribution in [3.05, 3.63) is 35.4 Å². The van der Waals surface area contributed by atoms with Crippen LogP contribution in [0.5, 0.6) is 0 Å². The summed E-state index contributed by atoms with van der Waals surface area (Å²) in [5.74, 6) is -1.39. The van der Waals surface area contributed by atoms with Gasteiger partial charge < -0.3 is 9.47 Å². The second kappa shape index (κ2) is 10.6. The van der Waals surface area contributed by atoms with E-state index in [1.54, 1.807) is 24.3 Å². The fourth-order valence-corrected chi connectivity index (χ4v) is 2.70. The van der Waals surface area contributed by atoms with Gasteiger partial charge in [0.2, 0.25) is 0 Å². The Bertz CT molecular complexity index is 664. The van der Waals surface area contributed by atoms with Crippen molar-refractivity contribution in [2.24, 2.45) is 0 Å². The predicted octanol–water partition coefficient (Wildman–Crippen LogP) is 2.38. The number of ketones is 1. The molecule has 1 heterocycles. The average Bonchev–Trinajstić information content (AvgIpc) is 2.89.